The zero-order chi connectivity index (χ0) is 28.3. The van der Waals surface area contributed by atoms with Crippen molar-refractivity contribution in [2.45, 2.75) is 12.8 Å². The highest BCUT2D eigenvalue weighted by Crippen LogP contribution is 2.44. The quantitative estimate of drug-likeness (QED) is 0.217. The van der Waals surface area contributed by atoms with Crippen LogP contribution in [0.3, 0.4) is 0 Å². The summed E-state index contributed by atoms with van der Waals surface area (Å²) in [6.07, 6.45) is 4.41. The van der Waals surface area contributed by atoms with Gasteiger partial charge >= 0.3 is 0 Å². The Kier molecular flexibility index (Phi) is 5.32. The van der Waals surface area contributed by atoms with Crippen LogP contribution in [-0.2, 0) is 6.42 Å². The molecule has 204 valence electrons. The lowest BCUT2D eigenvalue weighted by atomic mass is 9.86. The first-order valence-corrected chi connectivity index (χ1v) is 14.8. The molecule has 0 amide bonds. The van der Waals surface area contributed by atoms with Gasteiger partial charge in [0.2, 0.25) is 0 Å². The largest absolute Gasteiger partial charge is 0.456 e. The zero-order valence-corrected chi connectivity index (χ0v) is 23.5. The van der Waals surface area contributed by atoms with E-state index in [4.69, 9.17) is 8.83 Å². The number of furan rings is 2. The van der Waals surface area contributed by atoms with E-state index >= 15 is 0 Å². The van der Waals surface area contributed by atoms with E-state index < -0.39 is 0 Å². The Morgan fingerprint density at radius 1 is 0.465 bits per heavy atom. The SMILES string of the molecule is C1=C(c2ccc(N(c3ccccc3)c3cccc4oc5ccccc5c34)cc2)CCc2ccc3oc4ccccc4c3c21. The number of nitrogens with zero attached hydrogens (tertiary/aromatic N) is 1. The van der Waals surface area contributed by atoms with Crippen LogP contribution in [0.25, 0.3) is 55.5 Å². The van der Waals surface area contributed by atoms with Gasteiger partial charge in [0.1, 0.15) is 22.3 Å². The Labute approximate surface area is 248 Å². The minimum Gasteiger partial charge on any atom is -0.456 e. The molecule has 0 radical (unpaired) electrons. The molecule has 0 aliphatic heterocycles. The summed E-state index contributed by atoms with van der Waals surface area (Å²) >= 11 is 0. The molecule has 1 aliphatic carbocycles. The van der Waals surface area contributed by atoms with Gasteiger partial charge in [-0.25, -0.2) is 0 Å². The molecule has 43 heavy (non-hydrogen) atoms. The van der Waals surface area contributed by atoms with Gasteiger partial charge in [-0.1, -0.05) is 84.9 Å². The highest BCUT2D eigenvalue weighted by Gasteiger charge is 2.21. The monoisotopic (exact) mass is 553 g/mol. The average Bonchev–Trinajstić information content (AvgIpc) is 3.65. The molecule has 0 saturated carbocycles. The fourth-order valence-corrected chi connectivity index (χ4v) is 6.78. The molecule has 9 rings (SSSR count). The lowest BCUT2D eigenvalue weighted by Crippen LogP contribution is -2.10. The molecule has 0 bridgehead atoms. The maximum atomic E-state index is 6.25. The average molecular weight is 554 g/mol. The van der Waals surface area contributed by atoms with E-state index in [2.05, 4.69) is 126 Å². The molecule has 1 aliphatic rings. The lowest BCUT2D eigenvalue weighted by Gasteiger charge is -2.26. The van der Waals surface area contributed by atoms with Crippen LogP contribution in [0.5, 0.6) is 0 Å². The Morgan fingerprint density at radius 2 is 1.09 bits per heavy atom. The van der Waals surface area contributed by atoms with Crippen molar-refractivity contribution in [3.05, 3.63) is 150 Å². The second-order valence-electron chi connectivity index (χ2n) is 11.2. The summed E-state index contributed by atoms with van der Waals surface area (Å²) in [5, 5.41) is 4.64. The summed E-state index contributed by atoms with van der Waals surface area (Å²) in [4.78, 5) is 2.33. The Hall–Kier alpha value is -5.54. The minimum atomic E-state index is 0.889. The number of aryl methyl sites for hydroxylation is 1. The minimum absolute atomic E-state index is 0.889. The molecule has 6 aromatic carbocycles. The summed E-state index contributed by atoms with van der Waals surface area (Å²) in [5.41, 5.74) is 12.3. The number of anilines is 3. The van der Waals surface area contributed by atoms with E-state index in [1.165, 1.54) is 33.0 Å². The molecule has 3 nitrogen and oxygen atoms in total. The number of hydrogen-bond acceptors (Lipinski definition) is 3. The molecular formula is C40H27NO2. The van der Waals surface area contributed by atoms with Gasteiger partial charge in [0.05, 0.1) is 11.1 Å². The first-order chi connectivity index (χ1) is 21.3. The second-order valence-corrected chi connectivity index (χ2v) is 11.2. The van der Waals surface area contributed by atoms with E-state index in [0.29, 0.717) is 0 Å². The first-order valence-electron chi connectivity index (χ1n) is 14.8. The molecule has 0 N–H and O–H groups in total. The normalized spacial score (nSPS) is 13.1. The fourth-order valence-electron chi connectivity index (χ4n) is 6.78. The molecule has 0 saturated heterocycles. The lowest BCUT2D eigenvalue weighted by molar-refractivity contribution is 0.668. The molecule has 0 fully saturated rings. The number of fused-ring (bicyclic) bond motifs is 8. The molecule has 2 heterocycles. The highest BCUT2D eigenvalue weighted by atomic mass is 16.3. The van der Waals surface area contributed by atoms with Gasteiger partial charge in [0.25, 0.3) is 0 Å². The van der Waals surface area contributed by atoms with E-state index in [-0.39, 0.29) is 0 Å². The molecule has 3 heteroatoms. The van der Waals surface area contributed by atoms with Crippen LogP contribution in [0.1, 0.15) is 23.1 Å². The van der Waals surface area contributed by atoms with Crippen molar-refractivity contribution in [3.63, 3.8) is 0 Å². The maximum absolute atomic E-state index is 6.25. The van der Waals surface area contributed by atoms with Crippen LogP contribution >= 0.6 is 0 Å². The summed E-state index contributed by atoms with van der Waals surface area (Å²) < 4.78 is 12.4. The van der Waals surface area contributed by atoms with Gasteiger partial charge in [-0.2, -0.15) is 0 Å². The van der Waals surface area contributed by atoms with Crippen molar-refractivity contribution >= 4 is 72.6 Å². The van der Waals surface area contributed by atoms with Crippen molar-refractivity contribution in [1.82, 2.24) is 0 Å². The van der Waals surface area contributed by atoms with E-state index in [9.17, 15) is 0 Å². The predicted octanol–water partition coefficient (Wildman–Crippen LogP) is 11.4. The van der Waals surface area contributed by atoms with Crippen LogP contribution in [0.4, 0.5) is 17.1 Å². The number of benzene rings is 6. The van der Waals surface area contributed by atoms with Crippen molar-refractivity contribution in [2.24, 2.45) is 0 Å². The number of hydrogen-bond donors (Lipinski definition) is 0. The molecule has 8 aromatic rings. The smallest absolute Gasteiger partial charge is 0.137 e. The zero-order valence-electron chi connectivity index (χ0n) is 23.5. The summed E-state index contributed by atoms with van der Waals surface area (Å²) in [5.74, 6) is 0. The van der Waals surface area contributed by atoms with Gasteiger partial charge in [0.15, 0.2) is 0 Å². The van der Waals surface area contributed by atoms with Crippen molar-refractivity contribution in [2.75, 3.05) is 4.90 Å². The second kappa shape index (κ2) is 9.50. The molecule has 0 atom stereocenters. The topological polar surface area (TPSA) is 29.5 Å². The number of allylic oxidation sites excluding steroid dienone is 1. The fraction of sp³-hybridized carbons (Fsp3) is 0.0500. The van der Waals surface area contributed by atoms with Gasteiger partial charge in [0, 0.05) is 27.5 Å². The Bertz CT molecular complexity index is 2340. The van der Waals surface area contributed by atoms with Crippen molar-refractivity contribution < 1.29 is 8.83 Å². The molecule has 0 unspecified atom stereocenters. The third kappa shape index (κ3) is 3.82. The van der Waals surface area contributed by atoms with E-state index in [1.54, 1.807) is 0 Å². The van der Waals surface area contributed by atoms with E-state index in [0.717, 1.165) is 63.0 Å². The van der Waals surface area contributed by atoms with Crippen LogP contribution in [0.2, 0.25) is 0 Å². The first kappa shape index (κ1) is 24.1. The molecular weight excluding hydrogens is 526 g/mol. The van der Waals surface area contributed by atoms with Crippen LogP contribution < -0.4 is 4.90 Å². The number of para-hydroxylation sites is 3. The molecule has 0 spiro atoms. The van der Waals surface area contributed by atoms with Crippen molar-refractivity contribution in [3.8, 4) is 0 Å². The van der Waals surface area contributed by atoms with Gasteiger partial charge in [-0.15, -0.1) is 0 Å². The third-order valence-electron chi connectivity index (χ3n) is 8.79. The Morgan fingerprint density at radius 3 is 1.86 bits per heavy atom. The Balaban J connectivity index is 1.17. The summed E-state index contributed by atoms with van der Waals surface area (Å²) in [6.45, 7) is 0. The maximum Gasteiger partial charge on any atom is 0.137 e. The molecule has 2 aromatic heterocycles. The standard InChI is InChI=1S/C40H27NO2/c1-2-9-29(10-3-1)41(34-13-8-16-37-40(34)32-12-5-7-15-36(32)42-37)30-22-19-26(20-23-30)28-18-17-27-21-24-38-39(33(27)25-28)31-11-4-6-14-35(31)43-38/h1-16,19-25H,17-18H2. The van der Waals surface area contributed by atoms with Gasteiger partial charge < -0.3 is 13.7 Å². The summed E-state index contributed by atoms with van der Waals surface area (Å²) in [6, 6.07) is 46.9. The predicted molar refractivity (Wildman–Crippen MR) is 178 cm³/mol. The van der Waals surface area contributed by atoms with Gasteiger partial charge in [-0.3, -0.25) is 0 Å². The van der Waals surface area contributed by atoms with Crippen LogP contribution in [0, 0.1) is 0 Å². The third-order valence-corrected chi connectivity index (χ3v) is 8.79. The van der Waals surface area contributed by atoms with Crippen LogP contribution in [0.15, 0.2) is 142 Å². The van der Waals surface area contributed by atoms with Crippen molar-refractivity contribution in [1.29, 1.82) is 0 Å². The number of rotatable bonds is 4. The van der Waals surface area contributed by atoms with E-state index in [1.807, 2.05) is 18.2 Å². The van der Waals surface area contributed by atoms with Gasteiger partial charge in [-0.05, 0) is 89.7 Å². The van der Waals surface area contributed by atoms with Crippen LogP contribution in [-0.4, -0.2) is 0 Å². The highest BCUT2D eigenvalue weighted by molar-refractivity contribution is 6.14. The summed E-state index contributed by atoms with van der Waals surface area (Å²) in [7, 11) is 0.